The van der Waals surface area contributed by atoms with Crippen LogP contribution in [0.25, 0.3) is 22.4 Å². The van der Waals surface area contributed by atoms with E-state index >= 15 is 0 Å². The number of carbonyl (C=O) groups excluding carboxylic acids is 8. The Labute approximate surface area is 855 Å². The Morgan fingerprint density at radius 2 is 0.856 bits per heavy atom. The molecule has 1 unspecified atom stereocenters. The Kier molecular flexibility index (Phi) is 57.9. The van der Waals surface area contributed by atoms with Gasteiger partial charge in [-0.2, -0.15) is 0 Å². The van der Waals surface area contributed by atoms with Crippen LogP contribution in [0, 0.1) is 42.0 Å². The van der Waals surface area contributed by atoms with Crippen LogP contribution in [0.2, 0.25) is 0 Å². The lowest BCUT2D eigenvalue weighted by Gasteiger charge is -2.33. The minimum Gasteiger partial charge on any atom is -0.481 e. The molecule has 0 aliphatic carbocycles. The summed E-state index contributed by atoms with van der Waals surface area (Å²) in [6.45, 7) is 31.1. The Balaban J connectivity index is 0.000000430. The highest BCUT2D eigenvalue weighted by molar-refractivity contribution is 9.11. The van der Waals surface area contributed by atoms with Gasteiger partial charge in [-0.1, -0.05) is 15.9 Å². The van der Waals surface area contributed by atoms with Crippen molar-refractivity contribution in [2.75, 3.05) is 91.3 Å². The Hall–Kier alpha value is -9.89. The number of halogens is 9. The van der Waals surface area contributed by atoms with Gasteiger partial charge in [0.15, 0.2) is 11.6 Å². The highest BCUT2D eigenvalue weighted by Gasteiger charge is 2.35. The number of aryl methyl sites for hydroxylation is 1. The third-order valence-corrected chi connectivity index (χ3v) is 22.4. The number of ketones is 4. The lowest BCUT2D eigenvalue weighted by Crippen LogP contribution is -2.43. The molecule has 0 saturated carbocycles. The van der Waals surface area contributed by atoms with Crippen molar-refractivity contribution < 1.29 is 104 Å². The van der Waals surface area contributed by atoms with E-state index < -0.39 is 40.5 Å². The summed E-state index contributed by atoms with van der Waals surface area (Å²) in [5.41, 5.74) is 7.55. The van der Waals surface area contributed by atoms with Gasteiger partial charge in [-0.05, 0) is 390 Å². The SMILES string of the molecule is C1CCOC1.C1CCOC1.CC(=O)O.CC(C)(C)OC(=O)N1CCC(C(=O)CBr)CC1.CC(C)(C)OC(=O)N1CCC(C(=O)CC(C(=O)c2ccc(F)cc2)c2ccnc(Br)c2)CC1.CC(C)(C)OC(=O)N1CCC(c2cc(-c3ccnc(Br)c3)c(-c3ccc(F)cc3)[nH]2)CC1.CCO.CCOC(=O)c1ccc(F)cc1.CO.Cc1ccnc(Br)c1.N.O=C(Cc1ccnc(Br)c1)c1ccc(F)cc1. The number of likely N-dealkylation sites (tertiary alicyclic amines) is 3. The molecule has 14 rings (SSSR count). The molecule has 0 bridgehead atoms. The summed E-state index contributed by atoms with van der Waals surface area (Å²) in [4.78, 5) is 131. The molecule has 10 heterocycles. The average molecular weight is 2260 g/mol. The van der Waals surface area contributed by atoms with Crippen LogP contribution < -0.4 is 6.15 Å². The summed E-state index contributed by atoms with van der Waals surface area (Å²) in [5, 5.41) is 22.4. The summed E-state index contributed by atoms with van der Waals surface area (Å²) in [6.07, 6.45) is 15.5. The quantitative estimate of drug-likeness (QED) is 0.0150. The molecule has 5 saturated heterocycles. The maximum atomic E-state index is 13.5. The number of nitrogens with zero attached hydrogens (tertiary/aromatic N) is 7. The number of hydrogen-bond donors (Lipinski definition) is 5. The predicted molar refractivity (Wildman–Crippen MR) is 547 cm³/mol. The largest absolute Gasteiger partial charge is 0.481 e. The highest BCUT2D eigenvalue weighted by atomic mass is 79.9. The van der Waals surface area contributed by atoms with E-state index in [0.717, 1.165) is 109 Å². The number of piperidine rings is 3. The number of H-pyrrole nitrogens is 1. The van der Waals surface area contributed by atoms with Gasteiger partial charge in [0.25, 0.3) is 5.97 Å². The standard InChI is InChI=1S/C25H27BrFN3O2.C25H28BrFN2O4.C13H9BrFNO.C12H20BrNO3.C9H9FO2.C6H6BrN.2C4H8O.C2H4O2.C2H6O.CH4O.H3N/c1-25(2,3)32-24(31)30-12-9-16(10-13-30)21-15-20(18-8-11-28-22(26)14-18)23(29-21)17-4-6-19(27)7-5-17;1-25(2,3)33-24(32)29-12-9-16(10-13-29)21(30)15-20(18-8-11-28-22(26)14-18)23(31)17-4-6-19(27)7-5-17;14-13-8-9(5-6-16-13)7-12(17)10-1-3-11(15)4-2-10;1-12(2,3)17-11(16)14-6-4-9(5-7-14)10(15)8-13;1-2-12-9(11)7-3-5-8(10)6-4-7;1-5-2-3-8-6(7)4-5;2*1-2-4-5-3-1;1-2(3)4;1-2-3;1-2;/h4-8,11,14-16,29H,9-10,12-13H2,1-3H3;4-8,11,14,16,20H,9-10,12-13,15H2,1-3H3;1-6,8H,7H2;9H,4-8H2,1-3H3;3-6H,2H2,1H3;2-4H,1H3;2*1-4H2;1H3,(H,3,4);3H,2H2,1H3;2H,1H3;1H3. The molecule has 3 amide bonds. The van der Waals surface area contributed by atoms with E-state index in [4.69, 9.17) is 48.5 Å². The van der Waals surface area contributed by atoms with Gasteiger partial charge in [0, 0.05) is 164 Å². The highest BCUT2D eigenvalue weighted by Crippen LogP contribution is 2.39. The van der Waals surface area contributed by atoms with Gasteiger partial charge in [0.1, 0.15) is 70.1 Å². The van der Waals surface area contributed by atoms with Crippen LogP contribution >= 0.6 is 79.6 Å². The Morgan fingerprint density at radius 3 is 1.22 bits per heavy atom. The van der Waals surface area contributed by atoms with Gasteiger partial charge in [0.05, 0.1) is 29.1 Å². The van der Waals surface area contributed by atoms with Crippen molar-refractivity contribution in [2.45, 2.75) is 196 Å². The maximum Gasteiger partial charge on any atom is 0.410 e. The molecule has 0 spiro atoms. The molecule has 7 N–H and O–H groups in total. The van der Waals surface area contributed by atoms with Crippen LogP contribution in [-0.2, 0) is 49.2 Å². The van der Waals surface area contributed by atoms with Gasteiger partial charge >= 0.3 is 24.2 Å². The van der Waals surface area contributed by atoms with E-state index in [1.165, 1.54) is 116 Å². The summed E-state index contributed by atoms with van der Waals surface area (Å²) in [6, 6.07) is 39.8. The van der Waals surface area contributed by atoms with Crippen molar-refractivity contribution in [3.63, 3.8) is 0 Å². The number of benzene rings is 4. The first-order valence-electron chi connectivity index (χ1n) is 45.3. The molecule has 4 aromatic carbocycles. The number of aliphatic hydroxyl groups excluding tert-OH is 2. The smallest absolute Gasteiger partial charge is 0.410 e. The first kappa shape index (κ1) is 123. The number of aromatic nitrogens is 5. The van der Waals surface area contributed by atoms with Crippen molar-refractivity contribution in [1.29, 1.82) is 0 Å². The molecule has 9 aromatic rings. The number of Topliss-reactive ketones (excluding diaryl/α,β-unsaturated/α-hetero) is 4. The maximum absolute atomic E-state index is 13.5. The number of carboxylic acid groups (broad SMARTS) is 1. The number of pyridine rings is 4. The number of carbonyl (C=O) groups is 9. The molecule has 760 valence electrons. The third kappa shape index (κ3) is 49.9. The van der Waals surface area contributed by atoms with E-state index in [-0.39, 0.29) is 96.3 Å². The molecular weight excluding hydrogens is 2130 g/mol. The molecule has 27 nitrogen and oxygen atoms in total. The number of aromatic amines is 1. The van der Waals surface area contributed by atoms with Crippen LogP contribution in [-0.4, -0.2) is 216 Å². The fraction of sp³-hybridized carbons (Fsp3) is 0.447. The normalized spacial score (nSPS) is 14.1. The van der Waals surface area contributed by atoms with Crippen LogP contribution in [0.1, 0.15) is 219 Å². The number of carboxylic acids is 1. The molecule has 36 heteroatoms. The van der Waals surface area contributed by atoms with Crippen molar-refractivity contribution in [3.05, 3.63) is 257 Å². The van der Waals surface area contributed by atoms with Crippen molar-refractivity contribution in [3.8, 4) is 22.4 Å². The zero-order valence-electron chi connectivity index (χ0n) is 81.4. The molecule has 5 aliphatic rings. The fourth-order valence-electron chi connectivity index (χ4n) is 13.5. The number of alkyl halides is 1. The number of ether oxygens (including phenoxy) is 6. The fourth-order valence-corrected chi connectivity index (χ4v) is 15.6. The second-order valence-corrected chi connectivity index (χ2v) is 38.5. The topological polar surface area (TPSA) is 382 Å². The monoisotopic (exact) mass is 2250 g/mol. The second kappa shape index (κ2) is 65.2. The summed E-state index contributed by atoms with van der Waals surface area (Å²) >= 11 is 16.5. The van der Waals surface area contributed by atoms with E-state index in [2.05, 4.69) is 111 Å². The molecular formula is C103H132Br5F4N9O18. The molecule has 1 atom stereocenters. The van der Waals surface area contributed by atoms with Crippen LogP contribution in [0.15, 0.2) is 195 Å². The first-order valence-corrected chi connectivity index (χ1v) is 49.6. The number of nitrogens with one attached hydrogen (secondary N) is 1. The molecule has 5 fully saturated rings. The van der Waals surface area contributed by atoms with Gasteiger partial charge < -0.3 is 69.6 Å². The number of rotatable bonds is 16. The second-order valence-electron chi connectivity index (χ2n) is 34.7. The van der Waals surface area contributed by atoms with Gasteiger partial charge in [-0.15, -0.1) is 0 Å². The first-order chi connectivity index (χ1) is 65.4. The van der Waals surface area contributed by atoms with Crippen molar-refractivity contribution in [2.24, 2.45) is 11.8 Å². The molecule has 0 radical (unpaired) electrons. The number of aliphatic carboxylic acids is 1. The van der Waals surface area contributed by atoms with E-state index in [1.807, 2.05) is 93.5 Å². The Bertz CT molecular complexity index is 5150. The van der Waals surface area contributed by atoms with E-state index in [9.17, 15) is 55.9 Å². The van der Waals surface area contributed by atoms with Crippen LogP contribution in [0.3, 0.4) is 0 Å². The number of esters is 1. The Morgan fingerprint density at radius 1 is 0.489 bits per heavy atom. The van der Waals surface area contributed by atoms with Gasteiger partial charge in [0.2, 0.25) is 0 Å². The van der Waals surface area contributed by atoms with Crippen LogP contribution in [0.4, 0.5) is 31.9 Å². The van der Waals surface area contributed by atoms with Crippen molar-refractivity contribution >= 4 is 133 Å². The van der Waals surface area contributed by atoms with Crippen molar-refractivity contribution in [1.82, 2.24) is 45.8 Å². The summed E-state index contributed by atoms with van der Waals surface area (Å²) in [5.74, 6) is -3.26. The third-order valence-electron chi connectivity index (χ3n) is 20.1. The number of amides is 3. The minimum absolute atomic E-state index is 0. The number of hydrogen-bond acceptors (Lipinski definition) is 22. The van der Waals surface area contributed by atoms with E-state index in [0.29, 0.717) is 101 Å². The van der Waals surface area contributed by atoms with Gasteiger partial charge in [-0.25, -0.2) is 56.7 Å². The average Bonchev–Trinajstić information content (AvgIpc) is 1.30. The predicted octanol–water partition coefficient (Wildman–Crippen LogP) is 23.9. The lowest BCUT2D eigenvalue weighted by atomic mass is 9.82. The molecule has 139 heavy (non-hydrogen) atoms. The van der Waals surface area contributed by atoms with Gasteiger partial charge in [-0.3, -0.25) is 24.0 Å². The summed E-state index contributed by atoms with van der Waals surface area (Å²) in [7, 11) is 1.00. The van der Waals surface area contributed by atoms with Crippen LogP contribution in [0.5, 0.6) is 0 Å². The minimum atomic E-state index is -0.833. The lowest BCUT2D eigenvalue weighted by molar-refractivity contribution is -0.134. The zero-order chi connectivity index (χ0) is 103. The molecule has 5 aliphatic heterocycles. The van der Waals surface area contributed by atoms with E-state index in [1.54, 1.807) is 89.7 Å². The summed E-state index contributed by atoms with van der Waals surface area (Å²) < 4.78 is 85.7. The number of aliphatic hydroxyl groups is 2. The molecule has 5 aromatic heterocycles. The zero-order valence-corrected chi connectivity index (χ0v) is 89.4.